The number of nitrogens with zero attached hydrogens (tertiary/aromatic N) is 2. The number of hydrogen-bond donors (Lipinski definition) is 1. The molecule has 0 saturated heterocycles. The number of nitriles is 1. The van der Waals surface area contributed by atoms with Gasteiger partial charge in [0.1, 0.15) is 5.69 Å². The fraction of sp³-hybridized carbons (Fsp3) is 0.429. The van der Waals surface area contributed by atoms with Crippen molar-refractivity contribution >= 4 is 17.3 Å². The smallest absolute Gasteiger partial charge is 0.337 e. The lowest BCUT2D eigenvalue weighted by Crippen LogP contribution is -2.16. The Kier molecular flexibility index (Phi) is 4.08. The normalized spacial score (nSPS) is 14.9. The number of ether oxygens (including phenoxy) is 1. The highest BCUT2D eigenvalue weighted by molar-refractivity contribution is 5.91. The van der Waals surface area contributed by atoms with Gasteiger partial charge in [-0.05, 0) is 25.0 Å². The minimum Gasteiger partial charge on any atom is -0.465 e. The molecule has 1 fully saturated rings. The minimum atomic E-state index is -0.550. The number of methoxy groups -OCH3 is 1. The van der Waals surface area contributed by atoms with Gasteiger partial charge >= 0.3 is 5.97 Å². The lowest BCUT2D eigenvalue weighted by atomic mass is 10.0. The van der Waals surface area contributed by atoms with Gasteiger partial charge in [0.15, 0.2) is 0 Å². The van der Waals surface area contributed by atoms with Crippen molar-refractivity contribution in [3.63, 3.8) is 0 Å². The van der Waals surface area contributed by atoms with Crippen LogP contribution >= 0.6 is 0 Å². The standard InChI is InChI=1S/C14H15N3O4/c1-21-13(18)10-2-3-12(17(19)20)11(8-10)16-9-14(4-5-14)6-7-15/h2-3,8,16H,4-6,9H2,1H3. The SMILES string of the molecule is COC(=O)c1ccc([N+](=O)[O-])c(NCC2(CC#N)CC2)c1. The van der Waals surface area contributed by atoms with Crippen LogP contribution in [0, 0.1) is 26.9 Å². The van der Waals surface area contributed by atoms with Crippen molar-refractivity contribution in [2.75, 3.05) is 19.0 Å². The van der Waals surface area contributed by atoms with Gasteiger partial charge in [-0.25, -0.2) is 4.79 Å². The number of benzene rings is 1. The predicted octanol–water partition coefficient (Wildman–Crippen LogP) is 2.49. The maximum Gasteiger partial charge on any atom is 0.337 e. The summed E-state index contributed by atoms with van der Waals surface area (Å²) in [6.45, 7) is 0.478. The second kappa shape index (κ2) is 5.79. The summed E-state index contributed by atoms with van der Waals surface area (Å²) in [5.74, 6) is -0.550. The van der Waals surface area contributed by atoms with Crippen LogP contribution in [0.1, 0.15) is 29.6 Å². The Morgan fingerprint density at radius 3 is 2.81 bits per heavy atom. The number of nitrogens with one attached hydrogen (secondary N) is 1. The predicted molar refractivity (Wildman–Crippen MR) is 74.8 cm³/mol. The largest absolute Gasteiger partial charge is 0.465 e. The van der Waals surface area contributed by atoms with Crippen LogP contribution in [0.2, 0.25) is 0 Å². The molecule has 0 amide bonds. The molecule has 2 rings (SSSR count). The fourth-order valence-corrected chi connectivity index (χ4v) is 2.12. The van der Waals surface area contributed by atoms with Gasteiger partial charge in [-0.2, -0.15) is 5.26 Å². The van der Waals surface area contributed by atoms with E-state index in [1.807, 2.05) is 0 Å². The van der Waals surface area contributed by atoms with Crippen LogP contribution < -0.4 is 5.32 Å². The number of nitro benzene ring substituents is 1. The van der Waals surface area contributed by atoms with Crippen LogP contribution in [-0.2, 0) is 4.74 Å². The van der Waals surface area contributed by atoms with E-state index in [1.54, 1.807) is 0 Å². The molecule has 0 radical (unpaired) electrons. The van der Waals surface area contributed by atoms with E-state index in [9.17, 15) is 14.9 Å². The molecule has 0 aromatic heterocycles. The maximum absolute atomic E-state index is 11.5. The third-order valence-corrected chi connectivity index (χ3v) is 3.68. The van der Waals surface area contributed by atoms with Crippen LogP contribution in [-0.4, -0.2) is 24.5 Å². The maximum atomic E-state index is 11.5. The number of hydrogen-bond acceptors (Lipinski definition) is 6. The summed E-state index contributed by atoms with van der Waals surface area (Å²) in [5, 5.41) is 22.8. The number of esters is 1. The molecule has 1 aliphatic carbocycles. The Bertz CT molecular complexity index is 617. The third-order valence-electron chi connectivity index (χ3n) is 3.68. The highest BCUT2D eigenvalue weighted by Gasteiger charge is 2.42. The second-order valence-electron chi connectivity index (χ2n) is 5.17. The molecule has 1 aromatic rings. The molecular formula is C14H15N3O4. The Morgan fingerprint density at radius 2 is 2.29 bits per heavy atom. The van der Waals surface area contributed by atoms with Crippen LogP contribution in [0.4, 0.5) is 11.4 Å². The Balaban J connectivity index is 2.21. The lowest BCUT2D eigenvalue weighted by molar-refractivity contribution is -0.384. The third kappa shape index (κ3) is 3.28. The van der Waals surface area contributed by atoms with Crippen LogP contribution in [0.15, 0.2) is 18.2 Å². The zero-order valence-corrected chi connectivity index (χ0v) is 11.6. The first-order valence-electron chi connectivity index (χ1n) is 6.49. The number of nitro groups is 1. The first kappa shape index (κ1) is 14.8. The number of carbonyl (C=O) groups excluding carboxylic acids is 1. The second-order valence-corrected chi connectivity index (χ2v) is 5.17. The number of carbonyl (C=O) groups is 1. The first-order valence-corrected chi connectivity index (χ1v) is 6.49. The van der Waals surface area contributed by atoms with Gasteiger partial charge in [0.2, 0.25) is 0 Å². The highest BCUT2D eigenvalue weighted by atomic mass is 16.6. The molecule has 21 heavy (non-hydrogen) atoms. The molecule has 1 aliphatic rings. The molecule has 0 heterocycles. The molecular weight excluding hydrogens is 274 g/mol. The Morgan fingerprint density at radius 1 is 1.57 bits per heavy atom. The van der Waals surface area contributed by atoms with Crippen LogP contribution in [0.5, 0.6) is 0 Å². The van der Waals surface area contributed by atoms with Crippen LogP contribution in [0.3, 0.4) is 0 Å². The van der Waals surface area contributed by atoms with E-state index < -0.39 is 10.9 Å². The molecule has 0 bridgehead atoms. The van der Waals surface area contributed by atoms with E-state index in [0.29, 0.717) is 13.0 Å². The first-order chi connectivity index (χ1) is 10.0. The summed E-state index contributed by atoms with van der Waals surface area (Å²) in [6.07, 6.45) is 2.28. The highest BCUT2D eigenvalue weighted by Crippen LogP contribution is 2.48. The molecule has 1 aromatic carbocycles. The van der Waals surface area contributed by atoms with E-state index in [2.05, 4.69) is 16.1 Å². The van der Waals surface area contributed by atoms with Crippen molar-refractivity contribution in [2.24, 2.45) is 5.41 Å². The van der Waals surface area contributed by atoms with Crippen molar-refractivity contribution in [3.05, 3.63) is 33.9 Å². The van der Waals surface area contributed by atoms with Gasteiger partial charge in [0, 0.05) is 24.4 Å². The zero-order valence-electron chi connectivity index (χ0n) is 11.6. The van der Waals surface area contributed by atoms with Crippen molar-refractivity contribution in [1.82, 2.24) is 0 Å². The van der Waals surface area contributed by atoms with Crippen molar-refractivity contribution in [2.45, 2.75) is 19.3 Å². The fourth-order valence-electron chi connectivity index (χ4n) is 2.12. The average molecular weight is 289 g/mol. The van der Waals surface area contributed by atoms with Gasteiger partial charge in [-0.1, -0.05) is 0 Å². The summed E-state index contributed by atoms with van der Waals surface area (Å²) >= 11 is 0. The molecule has 7 nitrogen and oxygen atoms in total. The summed E-state index contributed by atoms with van der Waals surface area (Å²) in [7, 11) is 1.25. The summed E-state index contributed by atoms with van der Waals surface area (Å²) in [5.41, 5.74) is 0.322. The average Bonchev–Trinajstić information content (AvgIpc) is 3.24. The quantitative estimate of drug-likeness (QED) is 0.490. The van der Waals surface area contributed by atoms with E-state index in [-0.39, 0.29) is 22.4 Å². The van der Waals surface area contributed by atoms with Crippen molar-refractivity contribution < 1.29 is 14.5 Å². The molecule has 0 unspecified atom stereocenters. The molecule has 0 atom stereocenters. The number of rotatable bonds is 6. The van der Waals surface area contributed by atoms with E-state index in [0.717, 1.165) is 12.8 Å². The van der Waals surface area contributed by atoms with Gasteiger partial charge in [0.05, 0.1) is 23.7 Å². The molecule has 0 aliphatic heterocycles. The summed E-state index contributed by atoms with van der Waals surface area (Å²) < 4.78 is 4.61. The number of anilines is 1. The topological polar surface area (TPSA) is 105 Å². The monoisotopic (exact) mass is 289 g/mol. The van der Waals surface area contributed by atoms with Gasteiger partial charge < -0.3 is 10.1 Å². The van der Waals surface area contributed by atoms with Crippen molar-refractivity contribution in [3.8, 4) is 6.07 Å². The van der Waals surface area contributed by atoms with Gasteiger partial charge in [-0.3, -0.25) is 10.1 Å². The molecule has 7 heteroatoms. The van der Waals surface area contributed by atoms with E-state index in [1.165, 1.54) is 25.3 Å². The minimum absolute atomic E-state index is 0.0934. The van der Waals surface area contributed by atoms with E-state index >= 15 is 0 Å². The van der Waals surface area contributed by atoms with Crippen LogP contribution in [0.25, 0.3) is 0 Å². The zero-order chi connectivity index (χ0) is 15.5. The molecule has 110 valence electrons. The van der Waals surface area contributed by atoms with E-state index in [4.69, 9.17) is 5.26 Å². The molecule has 1 saturated carbocycles. The Hall–Kier alpha value is -2.62. The molecule has 0 spiro atoms. The molecule has 1 N–H and O–H groups in total. The Labute approximate surface area is 121 Å². The summed E-state index contributed by atoms with van der Waals surface area (Å²) in [4.78, 5) is 22.0. The van der Waals surface area contributed by atoms with Gasteiger partial charge in [-0.15, -0.1) is 0 Å². The lowest BCUT2D eigenvalue weighted by Gasteiger charge is -2.14. The van der Waals surface area contributed by atoms with Crippen molar-refractivity contribution in [1.29, 1.82) is 5.26 Å². The van der Waals surface area contributed by atoms with Gasteiger partial charge in [0.25, 0.3) is 5.69 Å². The summed E-state index contributed by atoms with van der Waals surface area (Å²) in [6, 6.07) is 6.18.